The lowest BCUT2D eigenvalue weighted by Crippen LogP contribution is -2.45. The number of methoxy groups -OCH3 is 2. The topological polar surface area (TPSA) is 33.7 Å². The number of hydrogen-bond acceptors (Lipinski definition) is 4. The van der Waals surface area contributed by atoms with Crippen molar-refractivity contribution in [1.29, 1.82) is 0 Å². The van der Waals surface area contributed by atoms with Crippen molar-refractivity contribution in [3.8, 4) is 11.5 Å². The van der Waals surface area contributed by atoms with E-state index in [4.69, 9.17) is 9.47 Å². The van der Waals surface area contributed by atoms with Gasteiger partial charge in [0.1, 0.15) is 0 Å². The summed E-state index contributed by atoms with van der Waals surface area (Å²) in [4.78, 5) is 2.57. The molecule has 1 heterocycles. The smallest absolute Gasteiger partial charge is 0.161 e. The molecule has 0 aromatic heterocycles. The van der Waals surface area contributed by atoms with Gasteiger partial charge in [0.2, 0.25) is 0 Å². The number of ether oxygens (including phenoxy) is 2. The van der Waals surface area contributed by atoms with Crippen LogP contribution in [0.4, 0.5) is 0 Å². The predicted molar refractivity (Wildman–Crippen MR) is 81.6 cm³/mol. The van der Waals surface area contributed by atoms with Crippen molar-refractivity contribution in [3.05, 3.63) is 23.8 Å². The normalized spacial score (nSPS) is 17.8. The van der Waals surface area contributed by atoms with Gasteiger partial charge in [0.15, 0.2) is 11.5 Å². The summed E-state index contributed by atoms with van der Waals surface area (Å²) in [5.41, 5.74) is 1.33. The van der Waals surface area contributed by atoms with Crippen LogP contribution in [0.5, 0.6) is 11.5 Å². The van der Waals surface area contributed by atoms with Crippen LogP contribution in [0.3, 0.4) is 0 Å². The minimum atomic E-state index is 0.474. The van der Waals surface area contributed by atoms with Gasteiger partial charge >= 0.3 is 0 Å². The first kappa shape index (κ1) is 15.1. The summed E-state index contributed by atoms with van der Waals surface area (Å²) in [7, 11) is 3.37. The maximum Gasteiger partial charge on any atom is 0.161 e. The number of benzene rings is 1. The molecule has 20 heavy (non-hydrogen) atoms. The Morgan fingerprint density at radius 3 is 2.45 bits per heavy atom. The summed E-state index contributed by atoms with van der Waals surface area (Å²) < 4.78 is 10.8. The molecule has 1 fully saturated rings. The molecule has 1 atom stereocenters. The molecule has 0 aliphatic carbocycles. The average molecular weight is 278 g/mol. The fraction of sp³-hybridized carbons (Fsp3) is 0.625. The Bertz CT molecular complexity index is 417. The van der Waals surface area contributed by atoms with Crippen LogP contribution in [-0.4, -0.2) is 45.3 Å². The summed E-state index contributed by atoms with van der Waals surface area (Å²) in [6, 6.07) is 6.78. The molecule has 1 aromatic rings. The zero-order valence-electron chi connectivity index (χ0n) is 12.8. The van der Waals surface area contributed by atoms with Gasteiger partial charge in [-0.25, -0.2) is 0 Å². The fourth-order valence-corrected chi connectivity index (χ4v) is 2.89. The molecule has 1 aliphatic heterocycles. The summed E-state index contributed by atoms with van der Waals surface area (Å²) in [6.45, 7) is 6.62. The molecular formula is C16H26N2O2. The number of nitrogens with zero attached hydrogens (tertiary/aromatic N) is 1. The van der Waals surface area contributed by atoms with E-state index in [2.05, 4.69) is 29.3 Å². The maximum atomic E-state index is 5.44. The molecule has 0 bridgehead atoms. The highest BCUT2D eigenvalue weighted by molar-refractivity contribution is 5.43. The van der Waals surface area contributed by atoms with Gasteiger partial charge in [-0.15, -0.1) is 0 Å². The van der Waals surface area contributed by atoms with Gasteiger partial charge in [0, 0.05) is 32.2 Å². The van der Waals surface area contributed by atoms with Crippen molar-refractivity contribution in [1.82, 2.24) is 10.2 Å². The van der Waals surface area contributed by atoms with Crippen LogP contribution in [0.15, 0.2) is 18.2 Å². The van der Waals surface area contributed by atoms with E-state index < -0.39 is 0 Å². The largest absolute Gasteiger partial charge is 0.493 e. The SMILES string of the molecule is CCC[C@@H](c1ccc(OC)c(OC)c1)N1CCNCC1. The second-order valence-electron chi connectivity index (χ2n) is 5.20. The Morgan fingerprint density at radius 2 is 1.85 bits per heavy atom. The molecular weight excluding hydrogens is 252 g/mol. The van der Waals surface area contributed by atoms with Crippen molar-refractivity contribution in [2.24, 2.45) is 0 Å². The first-order chi connectivity index (χ1) is 9.80. The molecule has 0 amide bonds. The number of rotatable bonds is 6. The lowest BCUT2D eigenvalue weighted by Gasteiger charge is -2.35. The van der Waals surface area contributed by atoms with Crippen LogP contribution < -0.4 is 14.8 Å². The zero-order valence-corrected chi connectivity index (χ0v) is 12.8. The standard InChI is InChI=1S/C16H26N2O2/c1-4-5-14(18-10-8-17-9-11-18)13-6-7-15(19-2)16(12-13)20-3/h6-7,12,14,17H,4-5,8-11H2,1-3H3/t14-/m0/s1. The van der Waals surface area contributed by atoms with Crippen molar-refractivity contribution < 1.29 is 9.47 Å². The second kappa shape index (κ2) is 7.50. The maximum absolute atomic E-state index is 5.44. The molecule has 0 spiro atoms. The molecule has 1 aliphatic rings. The zero-order chi connectivity index (χ0) is 14.4. The first-order valence-electron chi connectivity index (χ1n) is 7.46. The van der Waals surface area contributed by atoms with E-state index in [0.717, 1.165) is 37.7 Å². The van der Waals surface area contributed by atoms with Crippen LogP contribution in [0.2, 0.25) is 0 Å². The summed E-state index contributed by atoms with van der Waals surface area (Å²) in [6.07, 6.45) is 2.36. The summed E-state index contributed by atoms with van der Waals surface area (Å²) >= 11 is 0. The van der Waals surface area contributed by atoms with E-state index in [1.807, 2.05) is 6.07 Å². The molecule has 0 saturated carbocycles. The van der Waals surface area contributed by atoms with Crippen molar-refractivity contribution in [3.63, 3.8) is 0 Å². The lowest BCUT2D eigenvalue weighted by atomic mass is 9.99. The minimum Gasteiger partial charge on any atom is -0.493 e. The van der Waals surface area contributed by atoms with Crippen LogP contribution in [0.1, 0.15) is 31.4 Å². The third-order valence-electron chi connectivity index (χ3n) is 3.95. The van der Waals surface area contributed by atoms with Gasteiger partial charge in [-0.2, -0.15) is 0 Å². The van der Waals surface area contributed by atoms with Crippen LogP contribution in [0.25, 0.3) is 0 Å². The number of nitrogens with one attached hydrogen (secondary N) is 1. The predicted octanol–water partition coefficient (Wildman–Crippen LogP) is 2.45. The van der Waals surface area contributed by atoms with Crippen LogP contribution in [-0.2, 0) is 0 Å². The first-order valence-corrected chi connectivity index (χ1v) is 7.46. The molecule has 1 saturated heterocycles. The van der Waals surface area contributed by atoms with E-state index >= 15 is 0 Å². The molecule has 1 N–H and O–H groups in total. The molecule has 112 valence electrons. The molecule has 4 nitrogen and oxygen atoms in total. The number of hydrogen-bond donors (Lipinski definition) is 1. The fourth-order valence-electron chi connectivity index (χ4n) is 2.89. The van der Waals surface area contributed by atoms with E-state index in [1.165, 1.54) is 18.4 Å². The van der Waals surface area contributed by atoms with Crippen LogP contribution >= 0.6 is 0 Å². The highest BCUT2D eigenvalue weighted by atomic mass is 16.5. The van der Waals surface area contributed by atoms with Gasteiger partial charge in [-0.1, -0.05) is 19.4 Å². The highest BCUT2D eigenvalue weighted by Crippen LogP contribution is 2.33. The van der Waals surface area contributed by atoms with Gasteiger partial charge in [0.05, 0.1) is 14.2 Å². The van der Waals surface area contributed by atoms with Gasteiger partial charge in [0.25, 0.3) is 0 Å². The third kappa shape index (κ3) is 3.44. The Balaban J connectivity index is 2.23. The summed E-state index contributed by atoms with van der Waals surface area (Å²) in [5.74, 6) is 1.62. The van der Waals surface area contributed by atoms with E-state index in [1.54, 1.807) is 14.2 Å². The van der Waals surface area contributed by atoms with E-state index in [0.29, 0.717) is 6.04 Å². The third-order valence-corrected chi connectivity index (χ3v) is 3.95. The second-order valence-corrected chi connectivity index (χ2v) is 5.20. The highest BCUT2D eigenvalue weighted by Gasteiger charge is 2.22. The summed E-state index contributed by atoms with van der Waals surface area (Å²) in [5, 5.41) is 3.42. The lowest BCUT2D eigenvalue weighted by molar-refractivity contribution is 0.164. The molecule has 0 radical (unpaired) electrons. The monoisotopic (exact) mass is 278 g/mol. The molecule has 0 unspecified atom stereocenters. The number of piperazine rings is 1. The molecule has 2 rings (SSSR count). The van der Waals surface area contributed by atoms with E-state index in [9.17, 15) is 0 Å². The Kier molecular flexibility index (Phi) is 5.68. The molecule has 1 aromatic carbocycles. The average Bonchev–Trinajstić information content (AvgIpc) is 2.52. The van der Waals surface area contributed by atoms with Crippen molar-refractivity contribution in [2.75, 3.05) is 40.4 Å². The minimum absolute atomic E-state index is 0.474. The van der Waals surface area contributed by atoms with Gasteiger partial charge in [-0.3, -0.25) is 4.90 Å². The molecule has 4 heteroatoms. The quantitative estimate of drug-likeness (QED) is 0.866. The Labute approximate surface area is 122 Å². The Morgan fingerprint density at radius 1 is 1.15 bits per heavy atom. The Hall–Kier alpha value is -1.26. The van der Waals surface area contributed by atoms with E-state index in [-0.39, 0.29) is 0 Å². The van der Waals surface area contributed by atoms with Crippen molar-refractivity contribution >= 4 is 0 Å². The van der Waals surface area contributed by atoms with Gasteiger partial charge < -0.3 is 14.8 Å². The van der Waals surface area contributed by atoms with Crippen LogP contribution in [0, 0.1) is 0 Å². The van der Waals surface area contributed by atoms with Gasteiger partial charge in [-0.05, 0) is 24.1 Å². The van der Waals surface area contributed by atoms with Crippen molar-refractivity contribution in [2.45, 2.75) is 25.8 Å².